The molecule has 4 nitrogen and oxygen atoms in total. The Morgan fingerprint density at radius 3 is 2.88 bits per heavy atom. The number of esters is 1. The second-order valence-electron chi connectivity index (χ2n) is 3.44. The highest BCUT2D eigenvalue weighted by atomic mass is 35.5. The first-order valence-corrected chi connectivity index (χ1v) is 5.62. The third-order valence-electron chi connectivity index (χ3n) is 2.09. The Kier molecular flexibility index (Phi) is 5.49. The summed E-state index contributed by atoms with van der Waals surface area (Å²) in [6.07, 6.45) is 3.57. The van der Waals surface area contributed by atoms with E-state index in [2.05, 4.69) is 10.3 Å². The van der Waals surface area contributed by atoms with Gasteiger partial charge in [-0.25, -0.2) is 4.98 Å². The third kappa shape index (κ3) is 5.36. The van der Waals surface area contributed by atoms with Crippen molar-refractivity contribution in [3.63, 3.8) is 0 Å². The monoisotopic (exact) mass is 254 g/mol. The van der Waals surface area contributed by atoms with Crippen molar-refractivity contribution in [1.82, 2.24) is 10.3 Å². The molecule has 1 rings (SSSR count). The van der Waals surface area contributed by atoms with E-state index >= 15 is 0 Å². The van der Waals surface area contributed by atoms with Crippen molar-refractivity contribution in [2.24, 2.45) is 0 Å². The van der Waals surface area contributed by atoms with Crippen LogP contribution in [0.15, 0.2) is 30.1 Å². The molecule has 0 aliphatic rings. The number of aromatic nitrogens is 1. The number of hydrogen-bond acceptors (Lipinski definition) is 4. The Morgan fingerprint density at radius 2 is 2.35 bits per heavy atom. The minimum atomic E-state index is -0.292. The molecule has 0 saturated heterocycles. The van der Waals surface area contributed by atoms with E-state index in [1.165, 1.54) is 6.92 Å². The van der Waals surface area contributed by atoms with E-state index in [9.17, 15) is 4.79 Å². The van der Waals surface area contributed by atoms with Gasteiger partial charge in [-0.3, -0.25) is 4.79 Å². The molecule has 0 fully saturated rings. The summed E-state index contributed by atoms with van der Waals surface area (Å²) in [5.41, 5.74) is 1.87. The van der Waals surface area contributed by atoms with Gasteiger partial charge in [-0.05, 0) is 18.6 Å². The normalized spacial score (nSPS) is 11.1. The summed E-state index contributed by atoms with van der Waals surface area (Å²) in [6, 6.07) is 3.63. The van der Waals surface area contributed by atoms with Gasteiger partial charge in [-0.15, -0.1) is 0 Å². The molecule has 17 heavy (non-hydrogen) atoms. The quantitative estimate of drug-likeness (QED) is 0.647. The molecular weight excluding hydrogens is 240 g/mol. The van der Waals surface area contributed by atoms with E-state index < -0.39 is 0 Å². The molecule has 0 saturated carbocycles. The number of carbonyl (C=O) groups is 1. The lowest BCUT2D eigenvalue weighted by molar-refractivity contribution is -0.140. The van der Waals surface area contributed by atoms with Crippen LogP contribution in [0.25, 0.3) is 0 Å². The summed E-state index contributed by atoms with van der Waals surface area (Å²) in [6.45, 7) is 4.14. The van der Waals surface area contributed by atoms with Crippen LogP contribution >= 0.6 is 11.6 Å². The molecular formula is C12H15ClN2O2. The maximum Gasteiger partial charge on any atom is 0.303 e. The second-order valence-corrected chi connectivity index (χ2v) is 3.82. The number of ether oxygens (including phenoxy) is 1. The lowest BCUT2D eigenvalue weighted by atomic mass is 10.3. The van der Waals surface area contributed by atoms with Gasteiger partial charge in [0.25, 0.3) is 0 Å². The van der Waals surface area contributed by atoms with Crippen LogP contribution in [0.4, 0.5) is 0 Å². The van der Waals surface area contributed by atoms with Gasteiger partial charge in [0.15, 0.2) is 0 Å². The lowest BCUT2D eigenvalue weighted by Crippen LogP contribution is -2.18. The van der Waals surface area contributed by atoms with Gasteiger partial charge in [0.1, 0.15) is 11.8 Å². The Balaban J connectivity index is 2.42. The molecule has 0 spiro atoms. The number of nitrogens with zero attached hydrogens (tertiary/aromatic N) is 1. The van der Waals surface area contributed by atoms with Crippen LogP contribution in [0.1, 0.15) is 19.4 Å². The Hall–Kier alpha value is -1.55. The summed E-state index contributed by atoms with van der Waals surface area (Å²) in [5.74, 6) is -0.292. The Labute approximate surface area is 106 Å². The van der Waals surface area contributed by atoms with E-state index in [4.69, 9.17) is 16.3 Å². The van der Waals surface area contributed by atoms with Crippen LogP contribution in [0.2, 0.25) is 5.15 Å². The SMILES string of the molecule is CC=C(COC(C)=O)NCc1ccc(Cl)nc1. The molecule has 0 atom stereocenters. The predicted octanol–water partition coefficient (Wildman–Crippen LogP) is 2.29. The fraction of sp³-hybridized carbons (Fsp3) is 0.333. The molecule has 0 unspecified atom stereocenters. The molecule has 1 N–H and O–H groups in total. The zero-order chi connectivity index (χ0) is 12.7. The van der Waals surface area contributed by atoms with E-state index in [0.717, 1.165) is 11.3 Å². The highest BCUT2D eigenvalue weighted by molar-refractivity contribution is 6.29. The Bertz CT molecular complexity index is 401. The van der Waals surface area contributed by atoms with Gasteiger partial charge in [0.05, 0.1) is 0 Å². The highest BCUT2D eigenvalue weighted by Gasteiger charge is 2.00. The number of carbonyl (C=O) groups excluding carboxylic acids is 1. The predicted molar refractivity (Wildman–Crippen MR) is 66.5 cm³/mol. The molecule has 0 aliphatic carbocycles. The van der Waals surface area contributed by atoms with Crippen LogP contribution in [0.5, 0.6) is 0 Å². The van der Waals surface area contributed by atoms with Crippen molar-refractivity contribution in [3.05, 3.63) is 40.8 Å². The van der Waals surface area contributed by atoms with Gasteiger partial charge in [0.2, 0.25) is 0 Å². The minimum Gasteiger partial charge on any atom is -0.459 e. The molecule has 1 aromatic rings. The standard InChI is InChI=1S/C12H15ClN2O2/c1-3-11(8-17-9(2)16)14-6-10-4-5-12(13)15-7-10/h3-5,7,14H,6,8H2,1-2H3. The smallest absolute Gasteiger partial charge is 0.303 e. The number of rotatable bonds is 5. The van der Waals surface area contributed by atoms with Crippen molar-refractivity contribution in [1.29, 1.82) is 0 Å². The minimum absolute atomic E-state index is 0.257. The van der Waals surface area contributed by atoms with Crippen LogP contribution in [-0.4, -0.2) is 17.6 Å². The van der Waals surface area contributed by atoms with Crippen LogP contribution in [0, 0.1) is 0 Å². The average Bonchev–Trinajstić information content (AvgIpc) is 2.31. The molecule has 0 bridgehead atoms. The fourth-order valence-electron chi connectivity index (χ4n) is 1.14. The number of allylic oxidation sites excluding steroid dienone is 1. The van der Waals surface area contributed by atoms with E-state index in [1.54, 1.807) is 12.3 Å². The van der Waals surface area contributed by atoms with E-state index in [1.807, 2.05) is 19.1 Å². The van der Waals surface area contributed by atoms with Crippen LogP contribution < -0.4 is 5.32 Å². The summed E-state index contributed by atoms with van der Waals surface area (Å²) in [7, 11) is 0. The molecule has 1 aromatic heterocycles. The molecule has 92 valence electrons. The zero-order valence-electron chi connectivity index (χ0n) is 9.87. The first-order valence-electron chi connectivity index (χ1n) is 5.24. The van der Waals surface area contributed by atoms with Gasteiger partial charge in [0, 0.05) is 25.4 Å². The maximum atomic E-state index is 10.7. The van der Waals surface area contributed by atoms with Gasteiger partial charge in [-0.2, -0.15) is 0 Å². The van der Waals surface area contributed by atoms with Crippen LogP contribution in [0.3, 0.4) is 0 Å². The van der Waals surface area contributed by atoms with Gasteiger partial charge in [-0.1, -0.05) is 23.7 Å². The number of pyridine rings is 1. The summed E-state index contributed by atoms with van der Waals surface area (Å²) < 4.78 is 4.90. The molecule has 0 aliphatic heterocycles. The molecule has 0 amide bonds. The topological polar surface area (TPSA) is 51.2 Å². The average molecular weight is 255 g/mol. The Morgan fingerprint density at radius 1 is 1.59 bits per heavy atom. The first-order chi connectivity index (χ1) is 8.11. The molecule has 0 aromatic carbocycles. The number of halogens is 1. The van der Waals surface area contributed by atoms with Crippen molar-refractivity contribution < 1.29 is 9.53 Å². The second kappa shape index (κ2) is 6.91. The number of hydrogen-bond donors (Lipinski definition) is 1. The van der Waals surface area contributed by atoms with Crippen molar-refractivity contribution in [3.8, 4) is 0 Å². The third-order valence-corrected chi connectivity index (χ3v) is 2.31. The lowest BCUT2D eigenvalue weighted by Gasteiger charge is -2.10. The molecule has 1 heterocycles. The van der Waals surface area contributed by atoms with Crippen molar-refractivity contribution >= 4 is 17.6 Å². The molecule has 5 heteroatoms. The van der Waals surface area contributed by atoms with E-state index in [0.29, 0.717) is 11.7 Å². The largest absolute Gasteiger partial charge is 0.459 e. The van der Waals surface area contributed by atoms with Gasteiger partial charge < -0.3 is 10.1 Å². The van der Waals surface area contributed by atoms with Crippen molar-refractivity contribution in [2.45, 2.75) is 20.4 Å². The first kappa shape index (κ1) is 13.5. The fourth-order valence-corrected chi connectivity index (χ4v) is 1.25. The van der Waals surface area contributed by atoms with E-state index in [-0.39, 0.29) is 12.6 Å². The van der Waals surface area contributed by atoms with Gasteiger partial charge >= 0.3 is 5.97 Å². The van der Waals surface area contributed by atoms with Crippen LogP contribution in [-0.2, 0) is 16.1 Å². The molecule has 0 radical (unpaired) electrons. The van der Waals surface area contributed by atoms with Crippen molar-refractivity contribution in [2.75, 3.05) is 6.61 Å². The summed E-state index contributed by atoms with van der Waals surface area (Å²) in [4.78, 5) is 14.7. The number of nitrogens with one attached hydrogen (secondary N) is 1. The summed E-state index contributed by atoms with van der Waals surface area (Å²) >= 11 is 5.69. The zero-order valence-corrected chi connectivity index (χ0v) is 10.6. The maximum absolute atomic E-state index is 10.7. The highest BCUT2D eigenvalue weighted by Crippen LogP contribution is 2.05. The summed E-state index contributed by atoms with van der Waals surface area (Å²) in [5, 5.41) is 3.63.